The van der Waals surface area contributed by atoms with E-state index >= 15 is 0 Å². The van der Waals surface area contributed by atoms with E-state index in [0.717, 1.165) is 0 Å². The molecule has 0 bridgehead atoms. The van der Waals surface area contributed by atoms with Crippen LogP contribution in [-0.2, 0) is 101 Å². The van der Waals surface area contributed by atoms with Crippen LogP contribution in [0.4, 0.5) is 0 Å². The SMILES string of the molecule is CC1O[C@@H](OC[C@@H]2C(C)O[C@@H](OC[C@H]3C(O)[C@H](OC[C@H]4C(CO[C@@H]5OC(CO)[C@H](O)[C@@H](OS(=O)(=O)O)C5O)OC(O)C(O)[C@@H]4OS(=O)(=O)O)OC(CO)[C@@H]3O)C(O)[C@H]2OS(=O)(=O)O)C(O)[C@@H](OS(=O)(=O)O)[C@@H]1O. The van der Waals surface area contributed by atoms with Gasteiger partial charge in [0.25, 0.3) is 0 Å². The third-order valence-corrected chi connectivity index (χ3v) is 14.0. The van der Waals surface area contributed by atoms with Gasteiger partial charge in [0.15, 0.2) is 31.5 Å². The van der Waals surface area contributed by atoms with Crippen LogP contribution >= 0.6 is 0 Å². The summed E-state index contributed by atoms with van der Waals surface area (Å²) in [6.07, 6.45) is -43.7. The molecule has 5 rings (SSSR count). The number of rotatable bonds is 22. The zero-order valence-electron chi connectivity index (χ0n) is 37.6. The fourth-order valence-corrected chi connectivity index (χ4v) is 10.6. The molecule has 40 heteroatoms. The van der Waals surface area contributed by atoms with Crippen LogP contribution in [0.2, 0.25) is 0 Å². The summed E-state index contributed by atoms with van der Waals surface area (Å²) >= 11 is 0. The molecule has 0 aromatic heterocycles. The molecule has 15 N–H and O–H groups in total. The highest BCUT2D eigenvalue weighted by molar-refractivity contribution is 7.81. The van der Waals surface area contributed by atoms with Gasteiger partial charge in [-0.25, -0.2) is 16.7 Å². The molecule has 5 aliphatic heterocycles. The molecule has 5 heterocycles. The van der Waals surface area contributed by atoms with Crippen molar-refractivity contribution in [2.75, 3.05) is 39.6 Å². The minimum Gasteiger partial charge on any atom is -0.394 e. The van der Waals surface area contributed by atoms with E-state index in [2.05, 4.69) is 12.5 Å². The molecule has 0 aromatic carbocycles. The second-order valence-corrected chi connectivity index (χ2v) is 21.3. The van der Waals surface area contributed by atoms with Crippen LogP contribution in [0, 0.1) is 17.8 Å². The number of hydrogen-bond acceptors (Lipinski definition) is 32. The van der Waals surface area contributed by atoms with Crippen molar-refractivity contribution in [3.63, 3.8) is 0 Å². The van der Waals surface area contributed by atoms with Gasteiger partial charge in [-0.15, -0.1) is 0 Å². The van der Waals surface area contributed by atoms with E-state index in [1.807, 2.05) is 0 Å². The van der Waals surface area contributed by atoms with Crippen LogP contribution < -0.4 is 0 Å². The molecule has 73 heavy (non-hydrogen) atoms. The molecule has 5 aliphatic rings. The first kappa shape index (κ1) is 62.5. The highest BCUT2D eigenvalue weighted by Gasteiger charge is 2.54. The summed E-state index contributed by atoms with van der Waals surface area (Å²) in [6.45, 7) is -3.39. The van der Waals surface area contributed by atoms with Gasteiger partial charge in [0.1, 0.15) is 79.4 Å². The van der Waals surface area contributed by atoms with Gasteiger partial charge in [-0.3, -0.25) is 18.2 Å². The highest BCUT2D eigenvalue weighted by atomic mass is 32.3. The number of aliphatic hydroxyl groups excluding tert-OH is 11. The predicted octanol–water partition coefficient (Wildman–Crippen LogP) is -9.82. The van der Waals surface area contributed by atoms with Gasteiger partial charge in [0, 0.05) is 17.8 Å². The third-order valence-electron chi connectivity index (χ3n) is 12.2. The third kappa shape index (κ3) is 16.4. The lowest BCUT2D eigenvalue weighted by atomic mass is 9.88. The van der Waals surface area contributed by atoms with Crippen molar-refractivity contribution in [3.05, 3.63) is 0 Å². The van der Waals surface area contributed by atoms with Gasteiger partial charge in [-0.2, -0.15) is 33.7 Å². The number of aliphatic hydroxyl groups is 11. The van der Waals surface area contributed by atoms with Crippen LogP contribution in [0.3, 0.4) is 0 Å². The molecule has 0 amide bonds. The maximum absolute atomic E-state index is 12.0. The van der Waals surface area contributed by atoms with Crippen molar-refractivity contribution in [3.8, 4) is 0 Å². The Hall–Kier alpha value is -1.32. The average Bonchev–Trinajstić information content (AvgIpc) is 3.27. The van der Waals surface area contributed by atoms with Crippen LogP contribution in [0.1, 0.15) is 13.8 Å². The lowest BCUT2D eigenvalue weighted by Gasteiger charge is -2.46. The predicted molar refractivity (Wildman–Crippen MR) is 219 cm³/mol. The normalized spacial score (nSPS) is 44.5. The van der Waals surface area contributed by atoms with E-state index in [1.165, 1.54) is 13.8 Å². The van der Waals surface area contributed by atoms with E-state index in [1.54, 1.807) is 0 Å². The first-order valence-electron chi connectivity index (χ1n) is 21.4. The molecule has 5 saturated heterocycles. The lowest BCUT2D eigenvalue weighted by molar-refractivity contribution is -0.334. The van der Waals surface area contributed by atoms with Crippen LogP contribution in [-0.4, -0.2) is 283 Å². The first-order chi connectivity index (χ1) is 33.6. The Kier molecular flexibility index (Phi) is 21.6. The van der Waals surface area contributed by atoms with Crippen molar-refractivity contribution in [2.24, 2.45) is 17.8 Å². The Bertz CT molecular complexity index is 2230. The summed E-state index contributed by atoms with van der Waals surface area (Å²) in [5.41, 5.74) is 0. The molecule has 11 unspecified atom stereocenters. The molecular weight excluding hydrogens is 1100 g/mol. The second kappa shape index (κ2) is 25.2. The van der Waals surface area contributed by atoms with Gasteiger partial charge in [0.2, 0.25) is 0 Å². The van der Waals surface area contributed by atoms with Gasteiger partial charge in [-0.05, 0) is 13.8 Å². The molecule has 5 fully saturated rings. The Morgan fingerprint density at radius 2 is 0.712 bits per heavy atom. The summed E-state index contributed by atoms with van der Waals surface area (Å²) in [5.74, 6) is -4.91. The number of hydrogen-bond donors (Lipinski definition) is 15. The van der Waals surface area contributed by atoms with Crippen molar-refractivity contribution < 1.29 is 167 Å². The van der Waals surface area contributed by atoms with Crippen LogP contribution in [0.5, 0.6) is 0 Å². The largest absolute Gasteiger partial charge is 0.397 e. The van der Waals surface area contributed by atoms with E-state index in [4.69, 9.17) is 55.9 Å². The maximum atomic E-state index is 12.0. The minimum atomic E-state index is -5.52. The smallest absolute Gasteiger partial charge is 0.394 e. The van der Waals surface area contributed by atoms with Crippen molar-refractivity contribution in [1.82, 2.24) is 0 Å². The van der Waals surface area contributed by atoms with Gasteiger partial charge in [0.05, 0.1) is 64.1 Å². The minimum absolute atomic E-state index is 0.800. The Morgan fingerprint density at radius 1 is 0.356 bits per heavy atom. The summed E-state index contributed by atoms with van der Waals surface area (Å²) < 4.78 is 198. The molecule has 0 radical (unpaired) electrons. The zero-order valence-corrected chi connectivity index (χ0v) is 40.9. The molecule has 430 valence electrons. The second-order valence-electron chi connectivity index (χ2n) is 17.1. The topological polar surface area (TPSA) is 560 Å². The molecule has 0 aromatic rings. The van der Waals surface area contributed by atoms with Gasteiger partial charge >= 0.3 is 41.6 Å². The van der Waals surface area contributed by atoms with Crippen molar-refractivity contribution >= 4 is 41.6 Å². The Morgan fingerprint density at radius 3 is 1.19 bits per heavy atom. The molecule has 25 atom stereocenters. The molecular formula is C33H58O36S4. The fourth-order valence-electron chi connectivity index (χ4n) is 8.47. The van der Waals surface area contributed by atoms with E-state index in [-0.39, 0.29) is 0 Å². The van der Waals surface area contributed by atoms with Crippen LogP contribution in [0.25, 0.3) is 0 Å². The van der Waals surface area contributed by atoms with Crippen molar-refractivity contribution in [1.29, 1.82) is 0 Å². The zero-order chi connectivity index (χ0) is 54.9. The van der Waals surface area contributed by atoms with Gasteiger partial charge < -0.3 is 98.8 Å². The summed E-state index contributed by atoms with van der Waals surface area (Å²) in [5, 5.41) is 117. The van der Waals surface area contributed by atoms with Gasteiger partial charge in [-0.1, -0.05) is 0 Å². The molecule has 0 spiro atoms. The Balaban J connectivity index is 1.31. The standard InChI is InChI=1S/C33H58O36S4/c1-9-11(5-57-32-23(42)27(68-72(51,52)53)17(36)10(2)62-32)25(66-70(45,46)47)22(41)31(61-9)59-7-13-18(37)14(3-34)64-30(19(13)38)58-6-12-16(63-29(44)21(40)26(12)67-71(48,49)50)8-60-33-24(43)28(69-73(54,55)56)20(39)15(4-35)65-33/h9-44H,3-8H2,1-2H3,(H,45,46,47)(H,48,49,50)(H,51,52,53)(H,54,55,56)/t9?,10?,11-,12+,13-,14?,15?,16?,17-,18-,19?,20+,21?,22?,23?,24?,25+,26-,27+,28-,29?,30-,31-,32-,33-/m1/s1. The summed E-state index contributed by atoms with van der Waals surface area (Å²) in [7, 11) is -21.6. The highest BCUT2D eigenvalue weighted by Crippen LogP contribution is 2.37. The first-order valence-corrected chi connectivity index (χ1v) is 26.8. The fraction of sp³-hybridized carbons (Fsp3) is 1.00. The van der Waals surface area contributed by atoms with E-state index < -0.39 is 234 Å². The summed E-state index contributed by atoms with van der Waals surface area (Å²) in [4.78, 5) is 0. The van der Waals surface area contributed by atoms with E-state index in [0.29, 0.717) is 0 Å². The molecule has 0 aliphatic carbocycles. The maximum Gasteiger partial charge on any atom is 0.397 e. The quantitative estimate of drug-likeness (QED) is 0.0448. The molecule has 0 saturated carbocycles. The lowest BCUT2D eigenvalue weighted by Crippen LogP contribution is -2.62. The Labute approximate surface area is 414 Å². The average molecular weight is 1160 g/mol. The van der Waals surface area contributed by atoms with Crippen LogP contribution in [0.15, 0.2) is 0 Å². The van der Waals surface area contributed by atoms with E-state index in [9.17, 15) is 98.9 Å². The number of ether oxygens (including phenoxy) is 9. The summed E-state index contributed by atoms with van der Waals surface area (Å²) in [6, 6.07) is 0. The molecule has 36 nitrogen and oxygen atoms in total. The monoisotopic (exact) mass is 1160 g/mol. The van der Waals surface area contributed by atoms with Crippen molar-refractivity contribution in [2.45, 2.75) is 149 Å².